The van der Waals surface area contributed by atoms with Gasteiger partial charge in [0.1, 0.15) is 16.3 Å². The number of fused-ring (bicyclic) bond motifs is 1. The number of azo groups is 1. The second-order valence-electron chi connectivity index (χ2n) is 7.18. The van der Waals surface area contributed by atoms with Crippen molar-refractivity contribution < 1.29 is 59.1 Å². The topological polar surface area (TPSA) is 175 Å². The van der Waals surface area contributed by atoms with Crippen molar-refractivity contribution in [2.24, 2.45) is 10.2 Å². The summed E-state index contributed by atoms with van der Waals surface area (Å²) in [6.45, 7) is 0. The maximum absolute atomic E-state index is 11.9. The van der Waals surface area contributed by atoms with Crippen LogP contribution in [0.2, 0.25) is 5.02 Å². The van der Waals surface area contributed by atoms with Gasteiger partial charge >= 0.3 is 35.2 Å². The summed E-state index contributed by atoms with van der Waals surface area (Å²) in [4.78, 5) is 9.82. The second-order valence-corrected chi connectivity index (χ2v) is 9.01. The smallest absolute Gasteiger partial charge is 1.00 e. The summed E-state index contributed by atoms with van der Waals surface area (Å²) < 4.78 is 33.4. The summed E-state index contributed by atoms with van der Waals surface area (Å²) in [5, 5.41) is 42.8. The second kappa shape index (κ2) is 10.8. The van der Waals surface area contributed by atoms with Crippen LogP contribution in [0.15, 0.2) is 81.9 Å². The van der Waals surface area contributed by atoms with Gasteiger partial charge in [-0.25, -0.2) is 0 Å². The number of anilines is 2. The number of aromatic hydroxyl groups is 2. The molecule has 4 rings (SSSR count). The van der Waals surface area contributed by atoms with E-state index < -0.39 is 37.1 Å². The van der Waals surface area contributed by atoms with Crippen LogP contribution in [0.5, 0.6) is 11.5 Å². The zero-order valence-electron chi connectivity index (χ0n) is 19.5. The summed E-state index contributed by atoms with van der Waals surface area (Å²) in [7, 11) is -4.63. The van der Waals surface area contributed by atoms with Crippen LogP contribution in [0, 0.1) is 10.1 Å². The monoisotopic (exact) mass is 538 g/mol. The first-order valence-corrected chi connectivity index (χ1v) is 11.5. The van der Waals surface area contributed by atoms with Crippen molar-refractivity contribution in [2.45, 2.75) is 4.90 Å². The van der Waals surface area contributed by atoms with Gasteiger partial charge < -0.3 is 17.0 Å². The Bertz CT molecular complexity index is 1620. The number of nitrogens with zero attached hydrogens (tertiary/aromatic N) is 3. The van der Waals surface area contributed by atoms with E-state index in [0.29, 0.717) is 11.4 Å². The van der Waals surface area contributed by atoms with Crippen LogP contribution in [-0.2, 0) is 10.1 Å². The minimum Gasteiger partial charge on any atom is -1.00 e. The number of halogens is 1. The maximum Gasteiger partial charge on any atom is 1.00 e. The number of nitro benzene ring substituents is 1. The normalized spacial score (nSPS) is 11.4. The van der Waals surface area contributed by atoms with Crippen LogP contribution in [0.1, 0.15) is 1.43 Å². The maximum atomic E-state index is 11.9. The van der Waals surface area contributed by atoms with Crippen LogP contribution >= 0.6 is 11.6 Å². The summed E-state index contributed by atoms with van der Waals surface area (Å²) in [5.41, 5.74) is -0.215. The third kappa shape index (κ3) is 5.59. The Kier molecular flexibility index (Phi) is 8.19. The van der Waals surface area contributed by atoms with Gasteiger partial charge in [0, 0.05) is 22.2 Å². The Morgan fingerprint density at radius 1 is 0.944 bits per heavy atom. The van der Waals surface area contributed by atoms with Gasteiger partial charge in [0.25, 0.3) is 10.1 Å². The van der Waals surface area contributed by atoms with E-state index in [9.17, 15) is 33.3 Å². The molecule has 14 heteroatoms. The molecule has 0 aliphatic rings. The molecular formula is C22H16ClN4NaO7S. The molecule has 0 spiro atoms. The number of benzene rings is 4. The Balaban J connectivity index is 0.00000241. The van der Waals surface area contributed by atoms with Crippen molar-refractivity contribution in [3.63, 3.8) is 0 Å². The summed E-state index contributed by atoms with van der Waals surface area (Å²) in [5.74, 6) is -1.27. The molecule has 180 valence electrons. The van der Waals surface area contributed by atoms with Crippen molar-refractivity contribution in [3.8, 4) is 11.5 Å². The molecule has 0 aliphatic carbocycles. The zero-order valence-corrected chi connectivity index (χ0v) is 22.0. The van der Waals surface area contributed by atoms with Crippen LogP contribution in [0.3, 0.4) is 0 Å². The quantitative estimate of drug-likeness (QED) is 0.0950. The van der Waals surface area contributed by atoms with Crippen LogP contribution < -0.4 is 34.9 Å². The Morgan fingerprint density at radius 2 is 1.61 bits per heavy atom. The van der Waals surface area contributed by atoms with Gasteiger partial charge in [0.05, 0.1) is 16.0 Å². The molecule has 0 amide bonds. The van der Waals surface area contributed by atoms with Crippen LogP contribution in [-0.4, -0.2) is 28.1 Å². The average molecular weight is 539 g/mol. The van der Waals surface area contributed by atoms with Gasteiger partial charge in [-0.3, -0.25) is 14.7 Å². The molecule has 0 saturated heterocycles. The molecule has 0 saturated carbocycles. The molecule has 0 aliphatic heterocycles. The minimum absolute atomic E-state index is 0. The number of phenolic OH excluding ortho intramolecular Hbond substituents is 2. The molecular weight excluding hydrogens is 523 g/mol. The Labute approximate surface area is 232 Å². The van der Waals surface area contributed by atoms with Crippen LogP contribution in [0.25, 0.3) is 10.8 Å². The van der Waals surface area contributed by atoms with E-state index in [0.717, 1.165) is 12.1 Å². The van der Waals surface area contributed by atoms with E-state index in [4.69, 9.17) is 11.6 Å². The van der Waals surface area contributed by atoms with E-state index in [1.807, 2.05) is 0 Å². The van der Waals surface area contributed by atoms with Crippen molar-refractivity contribution in [1.82, 2.24) is 0 Å². The predicted octanol–water partition coefficient (Wildman–Crippen LogP) is 3.33. The molecule has 0 radical (unpaired) electrons. The van der Waals surface area contributed by atoms with E-state index in [1.54, 1.807) is 30.3 Å². The van der Waals surface area contributed by atoms with Gasteiger partial charge in [0.2, 0.25) is 5.75 Å². The standard InChI is InChI=1S/C22H15ClN4O7S.Na.H/c23-12-10-17(21(28)18(11-12)27(30)31)26-25-16-7-6-14-19(35(32,33)34)9-8-15(20(14)22(16)29)24-13-4-2-1-3-5-13;;/h1-11,24,28-29H,(H,32,33,34);;/q;+1;-1. The molecule has 36 heavy (non-hydrogen) atoms. The fourth-order valence-electron chi connectivity index (χ4n) is 3.37. The molecule has 0 heterocycles. The van der Waals surface area contributed by atoms with Crippen molar-refractivity contribution in [3.05, 3.63) is 81.9 Å². The van der Waals surface area contributed by atoms with Crippen molar-refractivity contribution in [1.29, 1.82) is 0 Å². The first-order chi connectivity index (χ1) is 16.6. The van der Waals surface area contributed by atoms with Gasteiger partial charge in [-0.05, 0) is 36.4 Å². The minimum atomic E-state index is -4.63. The summed E-state index contributed by atoms with van der Waals surface area (Å²) in [6, 6.07) is 16.0. The van der Waals surface area contributed by atoms with E-state index in [2.05, 4.69) is 15.5 Å². The van der Waals surface area contributed by atoms with E-state index >= 15 is 0 Å². The third-order valence-electron chi connectivity index (χ3n) is 4.92. The number of hydrogen-bond acceptors (Lipinski definition) is 9. The van der Waals surface area contributed by atoms with Gasteiger partial charge in [-0.15, -0.1) is 10.2 Å². The Hall–Kier alpha value is -3.26. The third-order valence-corrected chi connectivity index (χ3v) is 6.05. The molecule has 0 bridgehead atoms. The van der Waals surface area contributed by atoms with E-state index in [-0.39, 0.29) is 58.2 Å². The van der Waals surface area contributed by atoms with E-state index in [1.165, 1.54) is 24.3 Å². The molecule has 0 aromatic heterocycles. The van der Waals surface area contributed by atoms with Gasteiger partial charge in [0.15, 0.2) is 5.75 Å². The SMILES string of the molecule is O=[N+]([O-])c1cc(Cl)cc(N=Nc2ccc3c(S(=O)(=O)O)ccc(Nc4ccccc4)c3c2O)c1O.[H-].[Na+]. The first kappa shape index (κ1) is 27.3. The zero-order chi connectivity index (χ0) is 25.3. The largest absolute Gasteiger partial charge is 1.00 e. The predicted molar refractivity (Wildman–Crippen MR) is 130 cm³/mol. The van der Waals surface area contributed by atoms with Crippen molar-refractivity contribution in [2.75, 3.05) is 5.32 Å². The molecule has 11 nitrogen and oxygen atoms in total. The Morgan fingerprint density at radius 3 is 2.25 bits per heavy atom. The summed E-state index contributed by atoms with van der Waals surface area (Å²) in [6.07, 6.45) is 0. The molecule has 4 aromatic carbocycles. The number of nitro groups is 1. The number of nitrogens with one attached hydrogen (secondary N) is 1. The van der Waals surface area contributed by atoms with Gasteiger partial charge in [-0.2, -0.15) is 8.42 Å². The molecule has 0 atom stereocenters. The molecule has 4 N–H and O–H groups in total. The number of phenols is 2. The van der Waals surface area contributed by atoms with Crippen LogP contribution in [0.4, 0.5) is 28.4 Å². The van der Waals surface area contributed by atoms with Gasteiger partial charge in [-0.1, -0.05) is 35.9 Å². The summed E-state index contributed by atoms with van der Waals surface area (Å²) >= 11 is 5.86. The fraction of sp³-hybridized carbons (Fsp3) is 0. The number of rotatable bonds is 6. The van der Waals surface area contributed by atoms with Crippen molar-refractivity contribution >= 4 is 60.9 Å². The average Bonchev–Trinajstić information content (AvgIpc) is 2.80. The molecule has 4 aromatic rings. The fourth-order valence-corrected chi connectivity index (χ4v) is 4.27. The molecule has 0 fully saturated rings. The number of hydrogen-bond donors (Lipinski definition) is 4. The number of para-hydroxylation sites is 1. The first-order valence-electron chi connectivity index (χ1n) is 9.73. The molecule has 0 unspecified atom stereocenters.